The summed E-state index contributed by atoms with van der Waals surface area (Å²) in [6, 6.07) is 3.78. The van der Waals surface area contributed by atoms with Gasteiger partial charge in [0.15, 0.2) is 5.16 Å². The van der Waals surface area contributed by atoms with Crippen molar-refractivity contribution in [2.24, 2.45) is 0 Å². The first-order valence-electron chi connectivity index (χ1n) is 9.11. The summed E-state index contributed by atoms with van der Waals surface area (Å²) in [5.74, 6) is -0.510. The summed E-state index contributed by atoms with van der Waals surface area (Å²) >= 11 is 7.06. The Labute approximate surface area is 177 Å². The molecule has 2 heterocycles. The maximum Gasteiger partial charge on any atom is 0.243 e. The normalized spacial score (nSPS) is 18.2. The van der Waals surface area contributed by atoms with E-state index in [0.29, 0.717) is 19.1 Å². The summed E-state index contributed by atoms with van der Waals surface area (Å²) < 4.78 is 42.1. The molecule has 1 saturated heterocycles. The van der Waals surface area contributed by atoms with Crippen LogP contribution in [-0.2, 0) is 14.8 Å². The van der Waals surface area contributed by atoms with E-state index in [0.717, 1.165) is 30.1 Å². The number of nitrogens with zero attached hydrogens (tertiary/aromatic N) is 5. The van der Waals surface area contributed by atoms with Crippen LogP contribution >= 0.6 is 23.4 Å². The van der Waals surface area contributed by atoms with Gasteiger partial charge in [0.25, 0.3) is 0 Å². The summed E-state index contributed by atoms with van der Waals surface area (Å²) in [7, 11) is -3.79. The van der Waals surface area contributed by atoms with E-state index >= 15 is 0 Å². The number of carbonyl (C=O) groups is 1. The first kappa shape index (κ1) is 20.6. The molecule has 0 atom stereocenters. The van der Waals surface area contributed by atoms with Crippen molar-refractivity contribution >= 4 is 39.3 Å². The average molecular weight is 460 g/mol. The first-order chi connectivity index (χ1) is 13.9. The molecule has 1 aliphatic heterocycles. The van der Waals surface area contributed by atoms with Gasteiger partial charge in [-0.3, -0.25) is 4.79 Å². The molecule has 12 heteroatoms. The smallest absolute Gasteiger partial charge is 0.243 e. The van der Waals surface area contributed by atoms with Gasteiger partial charge in [-0.1, -0.05) is 23.4 Å². The van der Waals surface area contributed by atoms with Crippen molar-refractivity contribution in [2.75, 3.05) is 31.9 Å². The van der Waals surface area contributed by atoms with Crippen molar-refractivity contribution in [2.45, 2.75) is 28.9 Å². The molecule has 156 valence electrons. The Balaban J connectivity index is 1.33. The van der Waals surface area contributed by atoms with Crippen LogP contribution < -0.4 is 0 Å². The highest BCUT2D eigenvalue weighted by Gasteiger charge is 2.31. The molecule has 29 heavy (non-hydrogen) atoms. The van der Waals surface area contributed by atoms with Gasteiger partial charge in [-0.25, -0.2) is 12.8 Å². The number of hydrogen-bond donors (Lipinski definition) is 0. The van der Waals surface area contributed by atoms with E-state index in [4.69, 9.17) is 11.6 Å². The number of aromatic nitrogens is 3. The number of benzene rings is 1. The number of hydrogen-bond acceptors (Lipinski definition) is 6. The number of carbonyl (C=O) groups excluding carboxylic acids is 1. The molecule has 0 unspecified atom stereocenters. The molecule has 1 saturated carbocycles. The zero-order valence-electron chi connectivity index (χ0n) is 15.4. The van der Waals surface area contributed by atoms with Gasteiger partial charge in [0.1, 0.15) is 12.1 Å². The molecule has 2 fully saturated rings. The molecule has 0 spiro atoms. The maximum absolute atomic E-state index is 13.3. The molecule has 1 aromatic carbocycles. The van der Waals surface area contributed by atoms with Crippen LogP contribution in [0.2, 0.25) is 5.02 Å². The molecule has 1 amide bonds. The van der Waals surface area contributed by atoms with Gasteiger partial charge in [0.2, 0.25) is 15.9 Å². The zero-order valence-corrected chi connectivity index (χ0v) is 17.8. The van der Waals surface area contributed by atoms with Gasteiger partial charge in [-0.15, -0.1) is 10.2 Å². The number of halogens is 2. The summed E-state index contributed by atoms with van der Waals surface area (Å²) in [5.41, 5.74) is 0. The third-order valence-electron chi connectivity index (χ3n) is 4.93. The van der Waals surface area contributed by atoms with Crippen molar-refractivity contribution in [3.63, 3.8) is 0 Å². The fourth-order valence-electron chi connectivity index (χ4n) is 3.12. The molecule has 8 nitrogen and oxygen atoms in total. The van der Waals surface area contributed by atoms with Crippen LogP contribution in [0.4, 0.5) is 4.39 Å². The Morgan fingerprint density at radius 1 is 1.24 bits per heavy atom. The SMILES string of the molecule is O=C(CSc1nncn1C1CC1)N1CCN(S(=O)(=O)c2ccc(F)c(Cl)c2)CC1. The molecule has 4 rings (SSSR count). The van der Waals surface area contributed by atoms with Crippen LogP contribution in [0.1, 0.15) is 18.9 Å². The summed E-state index contributed by atoms with van der Waals surface area (Å²) in [4.78, 5) is 14.1. The zero-order chi connectivity index (χ0) is 20.6. The summed E-state index contributed by atoms with van der Waals surface area (Å²) in [5, 5.41) is 8.47. The van der Waals surface area contributed by atoms with Crippen molar-refractivity contribution < 1.29 is 17.6 Å². The highest BCUT2D eigenvalue weighted by Crippen LogP contribution is 2.37. The standard InChI is InChI=1S/C17H19ClFN5O3S2/c18-14-9-13(3-4-15(14)19)29(26,27)23-7-5-22(6-8-23)16(25)10-28-17-21-20-11-24(17)12-1-2-12/h3-4,9,11-12H,1-2,5-8,10H2. The second-order valence-corrected chi connectivity index (χ2v) is 10.2. The van der Waals surface area contributed by atoms with Gasteiger partial charge >= 0.3 is 0 Å². The largest absolute Gasteiger partial charge is 0.339 e. The molecule has 2 aliphatic rings. The van der Waals surface area contributed by atoms with E-state index < -0.39 is 15.8 Å². The van der Waals surface area contributed by atoms with Gasteiger partial charge < -0.3 is 9.47 Å². The Kier molecular flexibility index (Phi) is 5.83. The van der Waals surface area contributed by atoms with Gasteiger partial charge in [0.05, 0.1) is 15.7 Å². The van der Waals surface area contributed by atoms with Crippen LogP contribution in [0.3, 0.4) is 0 Å². The van der Waals surface area contributed by atoms with Crippen LogP contribution in [0.25, 0.3) is 0 Å². The van der Waals surface area contributed by atoms with E-state index in [2.05, 4.69) is 10.2 Å². The Bertz CT molecular complexity index is 1020. The molecular formula is C17H19ClFN5O3S2. The third-order valence-corrected chi connectivity index (χ3v) is 8.05. The topological polar surface area (TPSA) is 88.4 Å². The fraction of sp³-hybridized carbons (Fsp3) is 0.471. The van der Waals surface area contributed by atoms with Crippen LogP contribution in [-0.4, -0.2) is 70.2 Å². The lowest BCUT2D eigenvalue weighted by Crippen LogP contribution is -2.51. The van der Waals surface area contributed by atoms with Crippen molar-refractivity contribution in [1.29, 1.82) is 0 Å². The maximum atomic E-state index is 13.3. The highest BCUT2D eigenvalue weighted by molar-refractivity contribution is 7.99. The number of amides is 1. The Morgan fingerprint density at radius 2 is 1.97 bits per heavy atom. The van der Waals surface area contributed by atoms with Gasteiger partial charge in [-0.2, -0.15) is 4.31 Å². The molecule has 0 bridgehead atoms. The number of rotatable bonds is 6. The van der Waals surface area contributed by atoms with Crippen LogP contribution in [0.5, 0.6) is 0 Å². The van der Waals surface area contributed by atoms with E-state index in [1.54, 1.807) is 11.2 Å². The lowest BCUT2D eigenvalue weighted by Gasteiger charge is -2.34. The quantitative estimate of drug-likeness (QED) is 0.614. The summed E-state index contributed by atoms with van der Waals surface area (Å²) in [6.07, 6.45) is 3.90. The molecular weight excluding hydrogens is 441 g/mol. The predicted octanol–water partition coefficient (Wildman–Crippen LogP) is 2.03. The first-order valence-corrected chi connectivity index (χ1v) is 11.9. The van der Waals surface area contributed by atoms with Crippen molar-refractivity contribution in [3.05, 3.63) is 35.4 Å². The monoisotopic (exact) mass is 459 g/mol. The molecule has 1 aliphatic carbocycles. The van der Waals surface area contributed by atoms with Crippen molar-refractivity contribution in [1.82, 2.24) is 24.0 Å². The Hall–Kier alpha value is -1.69. The number of sulfonamides is 1. The second-order valence-electron chi connectivity index (χ2n) is 6.90. The van der Waals surface area contributed by atoms with E-state index in [1.165, 1.54) is 22.1 Å². The minimum absolute atomic E-state index is 0.0568. The highest BCUT2D eigenvalue weighted by atomic mass is 35.5. The minimum Gasteiger partial charge on any atom is -0.339 e. The Morgan fingerprint density at radius 3 is 2.62 bits per heavy atom. The summed E-state index contributed by atoms with van der Waals surface area (Å²) in [6.45, 7) is 0.934. The molecule has 2 aromatic rings. The number of thioether (sulfide) groups is 1. The fourth-order valence-corrected chi connectivity index (χ4v) is 5.70. The lowest BCUT2D eigenvalue weighted by molar-refractivity contribution is -0.129. The minimum atomic E-state index is -3.79. The third kappa shape index (κ3) is 4.42. The van der Waals surface area contributed by atoms with Gasteiger partial charge in [-0.05, 0) is 31.0 Å². The van der Waals surface area contributed by atoms with E-state index in [9.17, 15) is 17.6 Å². The van der Waals surface area contributed by atoms with Gasteiger partial charge in [0, 0.05) is 32.2 Å². The average Bonchev–Trinajstić information content (AvgIpc) is 3.46. The second kappa shape index (κ2) is 8.21. The van der Waals surface area contributed by atoms with E-state index in [-0.39, 0.29) is 34.7 Å². The van der Waals surface area contributed by atoms with Crippen LogP contribution in [0.15, 0.2) is 34.6 Å². The molecule has 0 radical (unpaired) electrons. The molecule has 1 aromatic heterocycles. The molecule has 0 N–H and O–H groups in total. The lowest BCUT2D eigenvalue weighted by atomic mass is 10.3. The van der Waals surface area contributed by atoms with Crippen LogP contribution in [0, 0.1) is 5.82 Å². The van der Waals surface area contributed by atoms with Crippen molar-refractivity contribution in [3.8, 4) is 0 Å². The predicted molar refractivity (Wildman–Crippen MR) is 106 cm³/mol. The van der Waals surface area contributed by atoms with E-state index in [1.807, 2.05) is 4.57 Å². The number of piperazine rings is 1.